The number of imidazole rings is 1. The van der Waals surface area contributed by atoms with Crippen LogP contribution in [0.25, 0.3) is 11.0 Å². The molecule has 0 aliphatic carbocycles. The van der Waals surface area contributed by atoms with Gasteiger partial charge < -0.3 is 14.0 Å². The maximum atomic E-state index is 6.12. The number of nitrogens with zero attached hydrogens (tertiary/aromatic N) is 2. The quantitative estimate of drug-likeness (QED) is 0.480. The van der Waals surface area contributed by atoms with Gasteiger partial charge in [0.1, 0.15) is 0 Å². The number of rotatable bonds is 5. The molecule has 2 heterocycles. The van der Waals surface area contributed by atoms with E-state index in [1.807, 2.05) is 48.5 Å². The Labute approximate surface area is 168 Å². The van der Waals surface area contributed by atoms with E-state index in [2.05, 4.69) is 41.0 Å². The van der Waals surface area contributed by atoms with Crippen molar-refractivity contribution in [3.63, 3.8) is 0 Å². The number of fused-ring (bicyclic) bond motifs is 1. The van der Waals surface area contributed by atoms with Crippen LogP contribution in [0.15, 0.2) is 90.1 Å². The maximum Gasteiger partial charge on any atom is 0.253 e. The normalized spacial score (nSPS) is 15.9. The molecule has 0 unspecified atom stereocenters. The van der Waals surface area contributed by atoms with Crippen LogP contribution in [-0.2, 0) is 21.1 Å². The summed E-state index contributed by atoms with van der Waals surface area (Å²) in [6, 6.07) is 28.8. The van der Waals surface area contributed by atoms with Crippen LogP contribution >= 0.6 is 11.8 Å². The predicted molar refractivity (Wildman–Crippen MR) is 111 cm³/mol. The van der Waals surface area contributed by atoms with Crippen LogP contribution in [0.4, 0.5) is 0 Å². The minimum atomic E-state index is -0.864. The molecule has 1 aliphatic heterocycles. The van der Waals surface area contributed by atoms with Crippen molar-refractivity contribution in [2.75, 3.05) is 13.2 Å². The molecule has 0 bridgehead atoms. The first-order valence-corrected chi connectivity index (χ1v) is 10.2. The zero-order chi connectivity index (χ0) is 18.8. The van der Waals surface area contributed by atoms with Crippen LogP contribution in [-0.4, -0.2) is 22.8 Å². The summed E-state index contributed by atoms with van der Waals surface area (Å²) in [5.74, 6) is 0. The fraction of sp³-hybridized carbons (Fsp3) is 0.174. The highest BCUT2D eigenvalue weighted by atomic mass is 32.2. The number of aromatic nitrogens is 2. The monoisotopic (exact) mass is 388 g/mol. The van der Waals surface area contributed by atoms with Crippen molar-refractivity contribution in [1.29, 1.82) is 0 Å². The van der Waals surface area contributed by atoms with Gasteiger partial charge in [-0.2, -0.15) is 0 Å². The molecule has 1 aliphatic rings. The Morgan fingerprint density at radius 3 is 2.21 bits per heavy atom. The highest BCUT2D eigenvalue weighted by Crippen LogP contribution is 2.46. The van der Waals surface area contributed by atoms with Gasteiger partial charge in [0.15, 0.2) is 5.16 Å². The topological polar surface area (TPSA) is 36.3 Å². The fourth-order valence-electron chi connectivity index (χ4n) is 3.49. The van der Waals surface area contributed by atoms with Crippen LogP contribution in [0.1, 0.15) is 11.1 Å². The standard InChI is InChI=1S/C23H20N2O2S/c1-3-9-18(10-4-1)17-25-21-14-8-7-13-20(21)24-22(25)28-23(26-15-16-27-23)19-11-5-2-6-12-19/h1-14H,15-17H2. The third-order valence-corrected chi connectivity index (χ3v) is 6.06. The lowest BCUT2D eigenvalue weighted by atomic mass is 10.2. The third-order valence-electron chi connectivity index (χ3n) is 4.82. The molecule has 1 saturated heterocycles. The van der Waals surface area contributed by atoms with Crippen LogP contribution in [0.3, 0.4) is 0 Å². The van der Waals surface area contributed by atoms with Gasteiger partial charge >= 0.3 is 0 Å². The molecule has 0 amide bonds. The van der Waals surface area contributed by atoms with E-state index >= 15 is 0 Å². The van der Waals surface area contributed by atoms with Crippen LogP contribution < -0.4 is 0 Å². The van der Waals surface area contributed by atoms with Crippen LogP contribution in [0, 0.1) is 0 Å². The Hall–Kier alpha value is -2.60. The van der Waals surface area contributed by atoms with Gasteiger partial charge in [0.2, 0.25) is 0 Å². The van der Waals surface area contributed by atoms with E-state index in [4.69, 9.17) is 14.5 Å². The predicted octanol–water partition coefficient (Wildman–Crippen LogP) is 5.03. The maximum absolute atomic E-state index is 6.12. The number of benzene rings is 3. The van der Waals surface area contributed by atoms with Gasteiger partial charge in [0, 0.05) is 5.56 Å². The SMILES string of the molecule is c1ccc(Cn2c(SC3(c4ccccc4)OCCO3)nc3ccccc32)cc1. The van der Waals surface area contributed by atoms with E-state index in [1.165, 1.54) is 17.3 Å². The number of hydrogen-bond donors (Lipinski definition) is 0. The molecule has 0 spiro atoms. The van der Waals surface area contributed by atoms with Gasteiger partial charge in [0.05, 0.1) is 30.8 Å². The Morgan fingerprint density at radius 2 is 1.46 bits per heavy atom. The molecule has 140 valence electrons. The van der Waals surface area contributed by atoms with Crippen molar-refractivity contribution in [2.24, 2.45) is 0 Å². The molecule has 28 heavy (non-hydrogen) atoms. The van der Waals surface area contributed by atoms with Crippen molar-refractivity contribution in [2.45, 2.75) is 16.8 Å². The van der Waals surface area contributed by atoms with E-state index < -0.39 is 5.12 Å². The van der Waals surface area contributed by atoms with Gasteiger partial charge in [-0.3, -0.25) is 0 Å². The minimum absolute atomic E-state index is 0.570. The van der Waals surface area contributed by atoms with E-state index in [0.29, 0.717) is 13.2 Å². The lowest BCUT2D eigenvalue weighted by molar-refractivity contribution is -0.0818. The molecule has 1 aromatic heterocycles. The number of para-hydroxylation sites is 2. The molecule has 0 atom stereocenters. The summed E-state index contributed by atoms with van der Waals surface area (Å²) >= 11 is 1.53. The van der Waals surface area contributed by atoms with E-state index in [9.17, 15) is 0 Å². The van der Waals surface area contributed by atoms with Gasteiger partial charge in [-0.25, -0.2) is 4.98 Å². The second-order valence-corrected chi connectivity index (χ2v) is 7.78. The van der Waals surface area contributed by atoms with Gasteiger partial charge in [0.25, 0.3) is 5.12 Å². The molecule has 4 aromatic rings. The molecular formula is C23H20N2O2S. The second kappa shape index (κ2) is 7.43. The molecule has 4 nitrogen and oxygen atoms in total. The molecule has 5 heteroatoms. The van der Waals surface area contributed by atoms with Gasteiger partial charge in [-0.15, -0.1) is 0 Å². The summed E-state index contributed by atoms with van der Waals surface area (Å²) < 4.78 is 14.5. The van der Waals surface area contributed by atoms with Crippen LogP contribution in [0.2, 0.25) is 0 Å². The van der Waals surface area contributed by atoms with Gasteiger partial charge in [-0.1, -0.05) is 72.8 Å². The van der Waals surface area contributed by atoms with E-state index in [0.717, 1.165) is 28.3 Å². The second-order valence-electron chi connectivity index (χ2n) is 6.68. The Balaban J connectivity index is 1.59. The van der Waals surface area contributed by atoms with Crippen molar-refractivity contribution in [3.05, 3.63) is 96.1 Å². The first-order valence-electron chi connectivity index (χ1n) is 9.36. The summed E-state index contributed by atoms with van der Waals surface area (Å²) in [4.78, 5) is 4.91. The minimum Gasteiger partial charge on any atom is -0.335 e. The first kappa shape index (κ1) is 17.5. The summed E-state index contributed by atoms with van der Waals surface area (Å²) in [5, 5.41) is 0.0210. The summed E-state index contributed by atoms with van der Waals surface area (Å²) in [6.45, 7) is 1.89. The summed E-state index contributed by atoms with van der Waals surface area (Å²) in [5.41, 5.74) is 4.31. The lowest BCUT2D eigenvalue weighted by Crippen LogP contribution is -2.23. The van der Waals surface area contributed by atoms with E-state index in [-0.39, 0.29) is 0 Å². The molecule has 3 aromatic carbocycles. The number of thioether (sulfide) groups is 1. The zero-order valence-electron chi connectivity index (χ0n) is 15.3. The molecule has 0 saturated carbocycles. The Morgan fingerprint density at radius 1 is 0.821 bits per heavy atom. The Bertz CT molecular complexity index is 1070. The summed E-state index contributed by atoms with van der Waals surface area (Å²) in [6.07, 6.45) is 0. The largest absolute Gasteiger partial charge is 0.335 e. The van der Waals surface area contributed by atoms with Crippen molar-refractivity contribution >= 4 is 22.8 Å². The highest BCUT2D eigenvalue weighted by molar-refractivity contribution is 7.99. The molecule has 0 radical (unpaired) electrons. The lowest BCUT2D eigenvalue weighted by Gasteiger charge is -2.26. The molecule has 5 rings (SSSR count). The number of hydrogen-bond acceptors (Lipinski definition) is 4. The van der Waals surface area contributed by atoms with Crippen molar-refractivity contribution < 1.29 is 9.47 Å². The molecular weight excluding hydrogens is 368 g/mol. The molecule has 1 fully saturated rings. The smallest absolute Gasteiger partial charge is 0.253 e. The average molecular weight is 388 g/mol. The first-order chi connectivity index (χ1) is 13.8. The van der Waals surface area contributed by atoms with Crippen molar-refractivity contribution in [1.82, 2.24) is 9.55 Å². The highest BCUT2D eigenvalue weighted by Gasteiger charge is 2.41. The zero-order valence-corrected chi connectivity index (χ0v) is 16.1. The average Bonchev–Trinajstić information content (AvgIpc) is 3.36. The fourth-order valence-corrected chi connectivity index (χ4v) is 4.69. The summed E-state index contributed by atoms with van der Waals surface area (Å²) in [7, 11) is 0. The molecule has 0 N–H and O–H groups in total. The van der Waals surface area contributed by atoms with Crippen LogP contribution in [0.5, 0.6) is 0 Å². The van der Waals surface area contributed by atoms with Crippen molar-refractivity contribution in [3.8, 4) is 0 Å². The Kier molecular flexibility index (Phi) is 4.64. The number of ether oxygens (including phenoxy) is 2. The third kappa shape index (κ3) is 3.22. The van der Waals surface area contributed by atoms with E-state index in [1.54, 1.807) is 0 Å². The van der Waals surface area contributed by atoms with Gasteiger partial charge in [-0.05, 0) is 29.5 Å².